The topological polar surface area (TPSA) is 17.1 Å². The van der Waals surface area contributed by atoms with Gasteiger partial charge in [-0.05, 0) is 45.4 Å². The summed E-state index contributed by atoms with van der Waals surface area (Å²) < 4.78 is 0. The first-order valence-electron chi connectivity index (χ1n) is 13.3. The van der Waals surface area contributed by atoms with E-state index in [0.717, 1.165) is 39.8 Å². The van der Waals surface area contributed by atoms with Crippen molar-refractivity contribution in [1.29, 1.82) is 0 Å². The van der Waals surface area contributed by atoms with Crippen LogP contribution in [-0.4, -0.2) is 5.78 Å². The molecule has 1 heteroatoms. The highest BCUT2D eigenvalue weighted by Gasteiger charge is 2.72. The maximum atomic E-state index is 15.5. The average molecular weight is 489 g/mol. The SMILES string of the molecule is O=C1C2(c3ccccc3)CC(c3ccccc3)C1(c1ccccc1)C(c1ccccc1)=C2c1ccccc1. The van der Waals surface area contributed by atoms with E-state index in [-0.39, 0.29) is 11.7 Å². The summed E-state index contributed by atoms with van der Waals surface area (Å²) in [6.45, 7) is 0. The fraction of sp³-hybridized carbons (Fsp3) is 0.108. The Bertz CT molecular complexity index is 1620. The summed E-state index contributed by atoms with van der Waals surface area (Å²) in [5.41, 5.74) is 6.31. The second-order valence-electron chi connectivity index (χ2n) is 10.4. The van der Waals surface area contributed by atoms with Crippen molar-refractivity contribution in [2.24, 2.45) is 0 Å². The van der Waals surface area contributed by atoms with Gasteiger partial charge in [0.2, 0.25) is 0 Å². The normalized spacial score (nSPS) is 24.1. The number of benzene rings is 5. The van der Waals surface area contributed by atoms with Crippen LogP contribution in [0.4, 0.5) is 0 Å². The number of carbonyl (C=O) groups is 1. The van der Waals surface area contributed by atoms with Crippen molar-refractivity contribution in [1.82, 2.24) is 0 Å². The van der Waals surface area contributed by atoms with Crippen LogP contribution in [0.1, 0.15) is 40.2 Å². The van der Waals surface area contributed by atoms with Crippen LogP contribution in [0.15, 0.2) is 152 Å². The van der Waals surface area contributed by atoms with Gasteiger partial charge in [0.05, 0.1) is 10.8 Å². The third kappa shape index (κ3) is 3.02. The smallest absolute Gasteiger partial charge is 0.163 e. The third-order valence-corrected chi connectivity index (χ3v) is 8.67. The van der Waals surface area contributed by atoms with Gasteiger partial charge in [-0.2, -0.15) is 0 Å². The Morgan fingerprint density at radius 1 is 0.474 bits per heavy atom. The maximum absolute atomic E-state index is 15.5. The molecule has 7 rings (SSSR count). The minimum atomic E-state index is -0.815. The van der Waals surface area contributed by atoms with Crippen LogP contribution in [0.3, 0.4) is 0 Å². The van der Waals surface area contributed by atoms with E-state index in [0.29, 0.717) is 0 Å². The molecule has 0 saturated heterocycles. The zero-order chi connectivity index (χ0) is 25.6. The molecule has 0 radical (unpaired) electrons. The Balaban J connectivity index is 1.68. The summed E-state index contributed by atoms with van der Waals surface area (Å²) in [7, 11) is 0. The van der Waals surface area contributed by atoms with Gasteiger partial charge in [0.1, 0.15) is 0 Å². The van der Waals surface area contributed by atoms with Crippen molar-refractivity contribution in [3.8, 4) is 0 Å². The Kier molecular flexibility index (Phi) is 5.26. The Hall–Kier alpha value is -4.49. The predicted molar refractivity (Wildman–Crippen MR) is 155 cm³/mol. The van der Waals surface area contributed by atoms with E-state index < -0.39 is 10.8 Å². The lowest BCUT2D eigenvalue weighted by molar-refractivity contribution is -0.123. The molecule has 5 aromatic rings. The third-order valence-electron chi connectivity index (χ3n) is 8.67. The number of Topliss-reactive ketones (excluding diaryl/α,β-unsaturated/α-hetero) is 1. The van der Waals surface area contributed by atoms with E-state index >= 15 is 4.79 Å². The lowest BCUT2D eigenvalue weighted by Gasteiger charge is -2.39. The minimum absolute atomic E-state index is 0.00137. The lowest BCUT2D eigenvalue weighted by atomic mass is 9.61. The number of fused-ring (bicyclic) bond motifs is 2. The predicted octanol–water partition coefficient (Wildman–Crippen LogP) is 8.24. The summed E-state index contributed by atoms with van der Waals surface area (Å²) in [6.07, 6.45) is 0.731. The molecule has 2 bridgehead atoms. The molecule has 0 heterocycles. The van der Waals surface area contributed by atoms with Gasteiger partial charge >= 0.3 is 0 Å². The summed E-state index contributed by atoms with van der Waals surface area (Å²) in [5, 5.41) is 0. The van der Waals surface area contributed by atoms with E-state index in [4.69, 9.17) is 0 Å². The molecule has 1 saturated carbocycles. The summed E-state index contributed by atoms with van der Waals surface area (Å²) in [4.78, 5) is 15.5. The molecular weight excluding hydrogens is 460 g/mol. The molecule has 0 amide bonds. The largest absolute Gasteiger partial charge is 0.297 e. The number of hydrogen-bond acceptors (Lipinski definition) is 1. The zero-order valence-electron chi connectivity index (χ0n) is 21.1. The second-order valence-corrected chi connectivity index (χ2v) is 10.4. The summed E-state index contributed by atoms with van der Waals surface area (Å²) in [6, 6.07) is 52.8. The molecule has 1 fully saturated rings. The lowest BCUT2D eigenvalue weighted by Crippen LogP contribution is -2.38. The average Bonchev–Trinajstić information content (AvgIpc) is 3.41. The van der Waals surface area contributed by atoms with Gasteiger partial charge < -0.3 is 0 Å². The number of allylic oxidation sites excluding steroid dienone is 2. The highest BCUT2D eigenvalue weighted by Crippen LogP contribution is 2.72. The van der Waals surface area contributed by atoms with Gasteiger partial charge in [0.15, 0.2) is 5.78 Å². The van der Waals surface area contributed by atoms with Crippen molar-refractivity contribution in [2.45, 2.75) is 23.2 Å². The highest BCUT2D eigenvalue weighted by molar-refractivity contribution is 6.29. The molecule has 2 aliphatic carbocycles. The number of hydrogen-bond donors (Lipinski definition) is 0. The van der Waals surface area contributed by atoms with E-state index in [9.17, 15) is 0 Å². The Labute approximate surface area is 224 Å². The van der Waals surface area contributed by atoms with E-state index in [1.165, 1.54) is 5.56 Å². The fourth-order valence-electron chi connectivity index (χ4n) is 7.28. The minimum Gasteiger partial charge on any atom is -0.297 e. The highest BCUT2D eigenvalue weighted by atomic mass is 16.1. The molecule has 5 aromatic carbocycles. The van der Waals surface area contributed by atoms with Crippen LogP contribution in [-0.2, 0) is 15.6 Å². The molecule has 3 atom stereocenters. The van der Waals surface area contributed by atoms with Crippen LogP contribution in [0, 0.1) is 0 Å². The molecule has 1 nitrogen and oxygen atoms in total. The molecule has 0 N–H and O–H groups in total. The van der Waals surface area contributed by atoms with Crippen molar-refractivity contribution in [2.75, 3.05) is 0 Å². The van der Waals surface area contributed by atoms with Crippen LogP contribution in [0.25, 0.3) is 11.1 Å². The molecule has 38 heavy (non-hydrogen) atoms. The molecule has 2 aliphatic rings. The van der Waals surface area contributed by atoms with Gasteiger partial charge in [-0.25, -0.2) is 0 Å². The van der Waals surface area contributed by atoms with Gasteiger partial charge in [0, 0.05) is 5.92 Å². The summed E-state index contributed by atoms with van der Waals surface area (Å²) >= 11 is 0. The number of rotatable bonds is 5. The Morgan fingerprint density at radius 3 is 1.42 bits per heavy atom. The van der Waals surface area contributed by atoms with E-state index in [2.05, 4.69) is 140 Å². The number of carbonyl (C=O) groups excluding carboxylic acids is 1. The molecule has 0 spiro atoms. The second kappa shape index (κ2) is 8.82. The first kappa shape index (κ1) is 22.7. The quantitative estimate of drug-likeness (QED) is 0.243. The monoisotopic (exact) mass is 488 g/mol. The van der Waals surface area contributed by atoms with Crippen molar-refractivity contribution < 1.29 is 4.79 Å². The number of ketones is 1. The molecule has 182 valence electrons. The molecule has 0 aliphatic heterocycles. The standard InChI is InChI=1S/C37H28O/c38-35-36(30-22-12-4-13-23-30)26-32(27-16-6-1-7-17-27)37(35,31-24-14-5-15-25-31)34(29-20-10-3-11-21-29)33(36)28-18-8-2-9-19-28/h1-25,32H,26H2. The van der Waals surface area contributed by atoms with Crippen LogP contribution in [0.5, 0.6) is 0 Å². The van der Waals surface area contributed by atoms with E-state index in [1.54, 1.807) is 0 Å². The molecular formula is C37H28O. The first-order chi connectivity index (χ1) is 18.8. The van der Waals surface area contributed by atoms with Crippen LogP contribution in [0.2, 0.25) is 0 Å². The maximum Gasteiger partial charge on any atom is 0.163 e. The fourth-order valence-corrected chi connectivity index (χ4v) is 7.28. The van der Waals surface area contributed by atoms with Crippen LogP contribution < -0.4 is 0 Å². The van der Waals surface area contributed by atoms with Gasteiger partial charge in [-0.1, -0.05) is 152 Å². The zero-order valence-corrected chi connectivity index (χ0v) is 21.1. The van der Waals surface area contributed by atoms with Gasteiger partial charge in [-0.3, -0.25) is 4.79 Å². The van der Waals surface area contributed by atoms with Gasteiger partial charge in [-0.15, -0.1) is 0 Å². The van der Waals surface area contributed by atoms with Crippen molar-refractivity contribution in [3.63, 3.8) is 0 Å². The Morgan fingerprint density at radius 2 is 0.895 bits per heavy atom. The molecule has 0 aromatic heterocycles. The van der Waals surface area contributed by atoms with Crippen LogP contribution >= 0.6 is 0 Å². The summed E-state index contributed by atoms with van der Waals surface area (Å²) in [5.74, 6) is 0.287. The van der Waals surface area contributed by atoms with Crippen molar-refractivity contribution in [3.05, 3.63) is 179 Å². The first-order valence-corrected chi connectivity index (χ1v) is 13.3. The van der Waals surface area contributed by atoms with E-state index in [1.807, 2.05) is 12.1 Å². The van der Waals surface area contributed by atoms with Crippen molar-refractivity contribution >= 4 is 16.9 Å². The van der Waals surface area contributed by atoms with Gasteiger partial charge in [0.25, 0.3) is 0 Å². The molecule has 3 unspecified atom stereocenters.